The van der Waals surface area contributed by atoms with Crippen LogP contribution >= 0.6 is 22.7 Å². The highest BCUT2D eigenvalue weighted by molar-refractivity contribution is 7.21. The third kappa shape index (κ3) is 7.46. The van der Waals surface area contributed by atoms with E-state index in [1.807, 2.05) is 44.2 Å². The van der Waals surface area contributed by atoms with E-state index in [1.165, 1.54) is 36.9 Å². The van der Waals surface area contributed by atoms with Gasteiger partial charge < -0.3 is 25.1 Å². The molecule has 0 bridgehead atoms. The zero-order valence-corrected chi connectivity index (χ0v) is 34.0. The number of rotatable bonds is 12. The molecule has 4 heterocycles. The van der Waals surface area contributed by atoms with E-state index in [0.29, 0.717) is 62.2 Å². The fraction of sp³-hybridized carbons (Fsp3) is 0.182. The minimum absolute atomic E-state index is 0.0789. The molecule has 0 radical (unpaired) electrons. The maximum absolute atomic E-state index is 14.0. The number of carbonyl (C=O) groups excluding carboxylic acids is 2. The molecule has 11 nitrogen and oxygen atoms in total. The Hall–Kier alpha value is -6.44. The van der Waals surface area contributed by atoms with Crippen molar-refractivity contribution in [2.75, 3.05) is 19.5 Å². The number of para-hydroxylation sites is 3. The zero-order valence-electron chi connectivity index (χ0n) is 32.4. The number of anilines is 1. The number of fused-ring (bicyclic) bond motifs is 1. The SMILES string of the molecule is C=Cc1nc(C2=C(C(C)C)/C(=N/c3[nH]c(NC(=O)c4ccccc4OC)c(-c4nc5ccccc5s4)c3C(C)C)N=C2NC(=O)c2ccccc2OC)sc1C=C. The predicted octanol–water partition coefficient (Wildman–Crippen LogP) is 10.4. The summed E-state index contributed by atoms with van der Waals surface area (Å²) in [7, 11) is 3.05. The molecule has 0 saturated carbocycles. The molecule has 0 saturated heterocycles. The van der Waals surface area contributed by atoms with Crippen LogP contribution in [0.3, 0.4) is 0 Å². The van der Waals surface area contributed by atoms with Crippen LogP contribution in [-0.2, 0) is 0 Å². The molecule has 288 valence electrons. The van der Waals surface area contributed by atoms with Gasteiger partial charge in [0.25, 0.3) is 11.8 Å². The summed E-state index contributed by atoms with van der Waals surface area (Å²) >= 11 is 2.95. The Morgan fingerprint density at radius 1 is 0.789 bits per heavy atom. The number of amidine groups is 2. The van der Waals surface area contributed by atoms with Gasteiger partial charge in [-0.3, -0.25) is 9.59 Å². The van der Waals surface area contributed by atoms with Crippen molar-refractivity contribution >= 4 is 85.7 Å². The lowest BCUT2D eigenvalue weighted by atomic mass is 9.97. The largest absolute Gasteiger partial charge is 0.496 e. The molecule has 0 atom stereocenters. The van der Waals surface area contributed by atoms with Crippen molar-refractivity contribution in [1.29, 1.82) is 0 Å². The number of thiazole rings is 2. The Morgan fingerprint density at radius 2 is 1.42 bits per heavy atom. The molecule has 13 heteroatoms. The summed E-state index contributed by atoms with van der Waals surface area (Å²) in [5.41, 5.74) is 5.20. The third-order valence-electron chi connectivity index (χ3n) is 9.31. The van der Waals surface area contributed by atoms with Crippen molar-refractivity contribution in [3.05, 3.63) is 124 Å². The number of hydrogen-bond acceptors (Lipinski definition) is 9. The van der Waals surface area contributed by atoms with Gasteiger partial charge in [-0.15, -0.1) is 22.7 Å². The first kappa shape index (κ1) is 38.8. The monoisotopic (exact) mass is 795 g/mol. The Balaban J connectivity index is 1.44. The first-order chi connectivity index (χ1) is 27.6. The fourth-order valence-electron chi connectivity index (χ4n) is 6.72. The Bertz CT molecular complexity index is 2600. The molecule has 1 aliphatic heterocycles. The van der Waals surface area contributed by atoms with Gasteiger partial charge in [-0.1, -0.05) is 77.3 Å². The van der Waals surface area contributed by atoms with E-state index in [0.717, 1.165) is 36.8 Å². The number of methoxy groups -OCH3 is 2. The van der Waals surface area contributed by atoms with Gasteiger partial charge in [-0.2, -0.15) is 0 Å². The summed E-state index contributed by atoms with van der Waals surface area (Å²) in [4.78, 5) is 52.4. The molecule has 6 aromatic rings. The number of hydrogen-bond donors (Lipinski definition) is 3. The smallest absolute Gasteiger partial charge is 0.260 e. The quantitative estimate of drug-likeness (QED) is 0.113. The molecule has 1 aliphatic rings. The topological polar surface area (TPSA) is 143 Å². The minimum Gasteiger partial charge on any atom is -0.496 e. The molecule has 0 aliphatic carbocycles. The number of H-pyrrole nitrogens is 1. The van der Waals surface area contributed by atoms with E-state index in [-0.39, 0.29) is 17.7 Å². The number of aromatic amines is 1. The predicted molar refractivity (Wildman–Crippen MR) is 233 cm³/mol. The molecular formula is C44H41N7O4S2. The van der Waals surface area contributed by atoms with Crippen LogP contribution in [0.15, 0.2) is 102 Å². The zero-order chi connectivity index (χ0) is 40.4. The molecule has 3 N–H and O–H groups in total. The average Bonchev–Trinajstić information content (AvgIpc) is 4.00. The van der Waals surface area contributed by atoms with Crippen LogP contribution in [0.2, 0.25) is 0 Å². The molecular weight excluding hydrogens is 755 g/mol. The number of ether oxygens (including phenoxy) is 2. The number of benzene rings is 3. The molecule has 0 fully saturated rings. The van der Waals surface area contributed by atoms with Gasteiger partial charge in [0.05, 0.1) is 57.3 Å². The van der Waals surface area contributed by atoms with E-state index in [9.17, 15) is 9.59 Å². The van der Waals surface area contributed by atoms with E-state index >= 15 is 0 Å². The lowest BCUT2D eigenvalue weighted by Gasteiger charge is -2.13. The second-order valence-corrected chi connectivity index (χ2v) is 15.7. The van der Waals surface area contributed by atoms with E-state index in [1.54, 1.807) is 54.6 Å². The number of amides is 2. The van der Waals surface area contributed by atoms with Crippen molar-refractivity contribution in [3.8, 4) is 22.1 Å². The van der Waals surface area contributed by atoms with Crippen molar-refractivity contribution in [2.24, 2.45) is 15.9 Å². The molecule has 0 spiro atoms. The third-order valence-corrected chi connectivity index (χ3v) is 11.4. The lowest BCUT2D eigenvalue weighted by Crippen LogP contribution is -2.31. The standard InChI is InChI=1S/C44H41N7O4S2/c1-9-27-31(10-2)56-43(45-27)35-33(23(3)4)37(48-39(35)50-41(52)25-17-11-14-20-29(25)54-7)47-38-34(24(5)6)36(44-46-28-19-13-16-22-32(28)57-44)40(49-38)51-42(53)26-18-12-15-21-30(26)55-8/h9-24,49H,1-2H2,3-8H3,(H,51,53)(H,47,48,50,52). The summed E-state index contributed by atoms with van der Waals surface area (Å²) in [6.07, 6.45) is 3.42. The minimum atomic E-state index is -0.403. The number of aliphatic imine (C=N–C) groups is 2. The summed E-state index contributed by atoms with van der Waals surface area (Å²) in [5, 5.41) is 7.52. The highest BCUT2D eigenvalue weighted by atomic mass is 32.1. The van der Waals surface area contributed by atoms with Crippen molar-refractivity contribution in [3.63, 3.8) is 0 Å². The summed E-state index contributed by atoms with van der Waals surface area (Å²) < 4.78 is 12.0. The summed E-state index contributed by atoms with van der Waals surface area (Å²) in [5.74, 6) is 1.50. The highest BCUT2D eigenvalue weighted by Crippen LogP contribution is 2.46. The van der Waals surface area contributed by atoms with Crippen LogP contribution in [0.5, 0.6) is 11.5 Å². The summed E-state index contributed by atoms with van der Waals surface area (Å²) in [6, 6.07) is 22.0. The molecule has 2 amide bonds. The van der Waals surface area contributed by atoms with Crippen LogP contribution in [0.25, 0.3) is 38.5 Å². The van der Waals surface area contributed by atoms with E-state index in [4.69, 9.17) is 29.4 Å². The van der Waals surface area contributed by atoms with Crippen molar-refractivity contribution in [2.45, 2.75) is 33.6 Å². The number of carbonyl (C=O) groups is 2. The number of aromatic nitrogens is 3. The molecule has 3 aromatic carbocycles. The highest BCUT2D eigenvalue weighted by Gasteiger charge is 2.34. The second kappa shape index (κ2) is 16.3. The molecule has 3 aromatic heterocycles. The van der Waals surface area contributed by atoms with Gasteiger partial charge in [-0.25, -0.2) is 20.0 Å². The normalized spacial score (nSPS) is 13.4. The van der Waals surface area contributed by atoms with Gasteiger partial charge in [0, 0.05) is 11.1 Å². The lowest BCUT2D eigenvalue weighted by molar-refractivity contribution is 0.0973. The van der Waals surface area contributed by atoms with Gasteiger partial charge in [0.2, 0.25) is 0 Å². The van der Waals surface area contributed by atoms with Crippen LogP contribution in [0.4, 0.5) is 11.6 Å². The van der Waals surface area contributed by atoms with Crippen molar-refractivity contribution in [1.82, 2.24) is 20.3 Å². The van der Waals surface area contributed by atoms with Gasteiger partial charge >= 0.3 is 0 Å². The van der Waals surface area contributed by atoms with Crippen LogP contribution in [-0.4, -0.2) is 52.7 Å². The average molecular weight is 796 g/mol. The molecule has 7 rings (SSSR count). The second-order valence-electron chi connectivity index (χ2n) is 13.6. The van der Waals surface area contributed by atoms with E-state index < -0.39 is 5.91 Å². The maximum atomic E-state index is 14.0. The molecule has 0 unspecified atom stereocenters. The van der Waals surface area contributed by atoms with Crippen LogP contribution in [0.1, 0.15) is 75.5 Å². The Labute approximate surface area is 338 Å². The summed E-state index contributed by atoms with van der Waals surface area (Å²) in [6.45, 7) is 16.2. The van der Waals surface area contributed by atoms with Gasteiger partial charge in [0.15, 0.2) is 5.84 Å². The Kier molecular flexibility index (Phi) is 11.1. The van der Waals surface area contributed by atoms with Gasteiger partial charge in [0.1, 0.15) is 39.0 Å². The number of nitrogens with zero attached hydrogens (tertiary/aromatic N) is 4. The Morgan fingerprint density at radius 3 is 2.00 bits per heavy atom. The van der Waals surface area contributed by atoms with Crippen molar-refractivity contribution < 1.29 is 19.1 Å². The van der Waals surface area contributed by atoms with Gasteiger partial charge in [-0.05, 0) is 60.4 Å². The first-order valence-electron chi connectivity index (χ1n) is 18.3. The maximum Gasteiger partial charge on any atom is 0.260 e. The number of nitrogens with one attached hydrogen (secondary N) is 3. The first-order valence-corrected chi connectivity index (χ1v) is 19.9. The van der Waals surface area contributed by atoms with Crippen LogP contribution < -0.4 is 20.1 Å². The molecule has 57 heavy (non-hydrogen) atoms. The fourth-order valence-corrected chi connectivity index (χ4v) is 8.73. The van der Waals surface area contributed by atoms with Crippen LogP contribution in [0, 0.1) is 5.92 Å². The van der Waals surface area contributed by atoms with E-state index in [2.05, 4.69) is 42.6 Å².